The Balaban J connectivity index is 2.01. The van der Waals surface area contributed by atoms with E-state index in [2.05, 4.69) is 0 Å². The Morgan fingerprint density at radius 3 is 1.78 bits per heavy atom. The van der Waals surface area contributed by atoms with Gasteiger partial charge in [0.05, 0.1) is 5.92 Å². The Morgan fingerprint density at radius 2 is 1.28 bits per heavy atom. The molecule has 0 bridgehead atoms. The molecule has 0 radical (unpaired) electrons. The fraction of sp³-hybridized carbons (Fsp3) is 0.259. The lowest BCUT2D eigenvalue weighted by atomic mass is 9.83. The molecule has 5 heteroatoms. The fourth-order valence-electron chi connectivity index (χ4n) is 4.37. The molecular formula is C27H28O5. The molecule has 0 fully saturated rings. The number of furan rings is 1. The molecule has 0 amide bonds. The highest BCUT2D eigenvalue weighted by molar-refractivity contribution is 5.78. The smallest absolute Gasteiger partial charge is 0.134 e. The van der Waals surface area contributed by atoms with Crippen LogP contribution in [0.5, 0.6) is 11.5 Å². The number of aryl methyl sites for hydroxylation is 2. The van der Waals surface area contributed by atoms with Crippen molar-refractivity contribution < 1.29 is 24.8 Å². The summed E-state index contributed by atoms with van der Waals surface area (Å²) in [6.45, 7) is 3.63. The van der Waals surface area contributed by atoms with E-state index < -0.39 is 5.92 Å². The molecule has 0 spiro atoms. The van der Waals surface area contributed by atoms with Crippen molar-refractivity contribution in [2.24, 2.45) is 0 Å². The maximum atomic E-state index is 11.1. The van der Waals surface area contributed by atoms with Crippen LogP contribution in [0.15, 0.2) is 59.0 Å². The highest BCUT2D eigenvalue weighted by atomic mass is 16.3. The number of hydrogen-bond donors (Lipinski definition) is 4. The summed E-state index contributed by atoms with van der Waals surface area (Å²) in [7, 11) is 0. The zero-order valence-corrected chi connectivity index (χ0v) is 18.3. The first-order valence-electron chi connectivity index (χ1n) is 10.8. The van der Waals surface area contributed by atoms with Gasteiger partial charge in [-0.2, -0.15) is 0 Å². The summed E-state index contributed by atoms with van der Waals surface area (Å²) < 4.78 is 6.21. The number of fused-ring (bicyclic) bond motifs is 1. The van der Waals surface area contributed by atoms with E-state index in [1.807, 2.05) is 68.4 Å². The normalized spacial score (nSPS) is 11.5. The van der Waals surface area contributed by atoms with Gasteiger partial charge in [-0.3, -0.25) is 0 Å². The lowest BCUT2D eigenvalue weighted by molar-refractivity contribution is 0.299. The van der Waals surface area contributed by atoms with Gasteiger partial charge >= 0.3 is 0 Å². The molecule has 4 rings (SSSR count). The van der Waals surface area contributed by atoms with Crippen LogP contribution in [0, 0.1) is 13.8 Å². The third-order valence-corrected chi connectivity index (χ3v) is 5.93. The molecule has 0 aliphatic carbocycles. The summed E-state index contributed by atoms with van der Waals surface area (Å²) in [6, 6.07) is 17.1. The van der Waals surface area contributed by atoms with Crippen molar-refractivity contribution in [3.05, 3.63) is 93.7 Å². The quantitative estimate of drug-likeness (QED) is 0.339. The van der Waals surface area contributed by atoms with E-state index in [-0.39, 0.29) is 24.7 Å². The van der Waals surface area contributed by atoms with Crippen LogP contribution in [-0.2, 0) is 12.8 Å². The SMILES string of the molecule is Cc1cc(CCO)cc(C(c2cc3ccccc3o2)c2cc(CCO)cc(C)c2O)c1O. The number of aliphatic hydroxyl groups excluding tert-OH is 2. The van der Waals surface area contributed by atoms with E-state index in [4.69, 9.17) is 4.42 Å². The van der Waals surface area contributed by atoms with Crippen molar-refractivity contribution in [2.75, 3.05) is 13.2 Å². The highest BCUT2D eigenvalue weighted by Gasteiger charge is 2.28. The second-order valence-electron chi connectivity index (χ2n) is 8.27. The third kappa shape index (κ3) is 4.09. The molecule has 32 heavy (non-hydrogen) atoms. The molecule has 3 aromatic carbocycles. The summed E-state index contributed by atoms with van der Waals surface area (Å²) in [6.07, 6.45) is 0.910. The number of phenols is 2. The fourth-order valence-corrected chi connectivity index (χ4v) is 4.37. The maximum Gasteiger partial charge on any atom is 0.134 e. The average molecular weight is 433 g/mol. The lowest BCUT2D eigenvalue weighted by Crippen LogP contribution is -2.07. The number of phenolic OH excluding ortho intramolecular Hbond substituents is 2. The Morgan fingerprint density at radius 1 is 0.750 bits per heavy atom. The van der Waals surface area contributed by atoms with Crippen molar-refractivity contribution in [1.82, 2.24) is 0 Å². The summed E-state index contributed by atoms with van der Waals surface area (Å²) in [4.78, 5) is 0. The van der Waals surface area contributed by atoms with Crippen LogP contribution in [0.1, 0.15) is 45.1 Å². The third-order valence-electron chi connectivity index (χ3n) is 5.93. The molecule has 5 nitrogen and oxygen atoms in total. The standard InChI is InChI=1S/C27H28O5/c1-16-11-18(7-9-28)13-21(26(16)30)25(24-15-20-5-3-4-6-23(20)32-24)22-14-19(8-10-29)12-17(2)27(22)31/h3-6,11-15,25,28-31H,7-10H2,1-2H3. The van der Waals surface area contributed by atoms with Crippen molar-refractivity contribution >= 4 is 11.0 Å². The van der Waals surface area contributed by atoms with Gasteiger partial charge in [-0.1, -0.05) is 42.5 Å². The number of rotatable bonds is 7. The van der Waals surface area contributed by atoms with Crippen molar-refractivity contribution in [3.63, 3.8) is 0 Å². The topological polar surface area (TPSA) is 94.1 Å². The van der Waals surface area contributed by atoms with Crippen molar-refractivity contribution in [2.45, 2.75) is 32.6 Å². The van der Waals surface area contributed by atoms with E-state index in [0.29, 0.717) is 40.9 Å². The minimum Gasteiger partial charge on any atom is -0.507 e. The molecule has 0 aliphatic heterocycles. The molecule has 0 saturated carbocycles. The number of hydrogen-bond acceptors (Lipinski definition) is 5. The predicted molar refractivity (Wildman–Crippen MR) is 124 cm³/mol. The van der Waals surface area contributed by atoms with Gasteiger partial charge in [0.25, 0.3) is 0 Å². The summed E-state index contributed by atoms with van der Waals surface area (Å²) in [5, 5.41) is 42.0. The van der Waals surface area contributed by atoms with Gasteiger partial charge in [-0.15, -0.1) is 0 Å². The van der Waals surface area contributed by atoms with Crippen molar-refractivity contribution in [1.29, 1.82) is 0 Å². The van der Waals surface area contributed by atoms with Crippen LogP contribution in [-0.4, -0.2) is 33.6 Å². The van der Waals surface area contributed by atoms with Gasteiger partial charge in [0, 0.05) is 29.7 Å². The summed E-state index contributed by atoms with van der Waals surface area (Å²) in [5.74, 6) is 0.276. The number of benzene rings is 3. The molecule has 1 heterocycles. The highest BCUT2D eigenvalue weighted by Crippen LogP contribution is 2.44. The maximum absolute atomic E-state index is 11.1. The van der Waals surface area contributed by atoms with Crippen LogP contribution in [0.2, 0.25) is 0 Å². The van der Waals surface area contributed by atoms with Crippen LogP contribution in [0.25, 0.3) is 11.0 Å². The van der Waals surface area contributed by atoms with Crippen LogP contribution >= 0.6 is 0 Å². The van der Waals surface area contributed by atoms with Gasteiger partial charge in [-0.05, 0) is 61.1 Å². The van der Waals surface area contributed by atoms with E-state index >= 15 is 0 Å². The molecule has 0 aliphatic rings. The van der Waals surface area contributed by atoms with Gasteiger partial charge in [0.15, 0.2) is 0 Å². The average Bonchev–Trinajstić information content (AvgIpc) is 3.19. The van der Waals surface area contributed by atoms with Crippen LogP contribution in [0.3, 0.4) is 0 Å². The van der Waals surface area contributed by atoms with E-state index in [0.717, 1.165) is 22.1 Å². The zero-order valence-electron chi connectivity index (χ0n) is 18.3. The second-order valence-corrected chi connectivity index (χ2v) is 8.27. The van der Waals surface area contributed by atoms with Gasteiger partial charge in [-0.25, -0.2) is 0 Å². The molecule has 4 N–H and O–H groups in total. The second kappa shape index (κ2) is 9.07. The van der Waals surface area contributed by atoms with Crippen molar-refractivity contribution in [3.8, 4) is 11.5 Å². The molecule has 0 atom stereocenters. The number of aliphatic hydroxyl groups is 2. The Labute approximate surface area is 187 Å². The molecular weight excluding hydrogens is 404 g/mol. The molecule has 0 unspecified atom stereocenters. The van der Waals surface area contributed by atoms with Gasteiger partial charge in [0.2, 0.25) is 0 Å². The first kappa shape index (κ1) is 21.9. The van der Waals surface area contributed by atoms with Crippen LogP contribution < -0.4 is 0 Å². The lowest BCUT2D eigenvalue weighted by Gasteiger charge is -2.22. The number of para-hydroxylation sites is 1. The summed E-state index contributed by atoms with van der Waals surface area (Å²) in [5.41, 5.74) is 5.08. The molecule has 166 valence electrons. The van der Waals surface area contributed by atoms with E-state index in [9.17, 15) is 20.4 Å². The first-order valence-corrected chi connectivity index (χ1v) is 10.8. The van der Waals surface area contributed by atoms with Gasteiger partial charge in [0.1, 0.15) is 22.8 Å². The monoisotopic (exact) mass is 432 g/mol. The number of aromatic hydroxyl groups is 2. The minimum atomic E-state index is -0.572. The Kier molecular flexibility index (Phi) is 6.21. The Bertz CT molecular complexity index is 1160. The van der Waals surface area contributed by atoms with Crippen LogP contribution in [0.4, 0.5) is 0 Å². The minimum absolute atomic E-state index is 0.00466. The van der Waals surface area contributed by atoms with E-state index in [1.54, 1.807) is 0 Å². The first-order chi connectivity index (χ1) is 15.4. The zero-order chi connectivity index (χ0) is 22.8. The predicted octanol–water partition coefficient (Wildman–Crippen LogP) is 4.71. The Hall–Kier alpha value is -3.28. The molecule has 1 aromatic heterocycles. The van der Waals surface area contributed by atoms with E-state index in [1.165, 1.54) is 0 Å². The molecule has 4 aromatic rings. The van der Waals surface area contributed by atoms with Gasteiger partial charge < -0.3 is 24.8 Å². The largest absolute Gasteiger partial charge is 0.507 e. The summed E-state index contributed by atoms with van der Waals surface area (Å²) >= 11 is 0. The molecule has 0 saturated heterocycles.